The molecule has 7 heteroatoms. The summed E-state index contributed by atoms with van der Waals surface area (Å²) >= 11 is 0. The largest absolute Gasteiger partial charge is 0.361 e. The zero-order valence-corrected chi connectivity index (χ0v) is 13.7. The highest BCUT2D eigenvalue weighted by Crippen LogP contribution is 2.14. The fraction of sp³-hybridized carbons (Fsp3) is 0.562. The van der Waals surface area contributed by atoms with Gasteiger partial charge in [-0.25, -0.2) is 0 Å². The molecule has 0 unspecified atom stereocenters. The Labute approximate surface area is 135 Å². The molecule has 0 radical (unpaired) electrons. The standard InChI is InChI=1S/C16H23N5O2/c1-13-15(14(2)23-18-13)12-16(22)20-9-6-19(7-10-20)8-11-21-5-3-4-17-21/h3-5H,6-12H2,1-2H3. The Balaban J connectivity index is 1.46. The van der Waals surface area contributed by atoms with Gasteiger partial charge in [-0.05, 0) is 19.9 Å². The molecular weight excluding hydrogens is 294 g/mol. The van der Waals surface area contributed by atoms with Gasteiger partial charge in [-0.15, -0.1) is 0 Å². The van der Waals surface area contributed by atoms with E-state index in [0.717, 1.165) is 56.3 Å². The summed E-state index contributed by atoms with van der Waals surface area (Å²) in [5, 5.41) is 8.13. The van der Waals surface area contributed by atoms with Crippen LogP contribution in [0.5, 0.6) is 0 Å². The van der Waals surface area contributed by atoms with Gasteiger partial charge in [0, 0.05) is 50.7 Å². The van der Waals surface area contributed by atoms with Crippen molar-refractivity contribution in [1.29, 1.82) is 0 Å². The van der Waals surface area contributed by atoms with Gasteiger partial charge in [-0.1, -0.05) is 5.16 Å². The maximum Gasteiger partial charge on any atom is 0.227 e. The normalized spacial score (nSPS) is 16.0. The quantitative estimate of drug-likeness (QED) is 0.819. The first-order chi connectivity index (χ1) is 11.1. The van der Waals surface area contributed by atoms with Crippen LogP contribution in [0.15, 0.2) is 23.0 Å². The number of amides is 1. The van der Waals surface area contributed by atoms with Crippen LogP contribution in [-0.2, 0) is 17.8 Å². The number of carbonyl (C=O) groups is 1. The molecule has 0 aliphatic carbocycles. The molecule has 23 heavy (non-hydrogen) atoms. The number of hydrogen-bond acceptors (Lipinski definition) is 5. The molecule has 2 aromatic heterocycles. The van der Waals surface area contributed by atoms with Crippen LogP contribution < -0.4 is 0 Å². The summed E-state index contributed by atoms with van der Waals surface area (Å²) in [7, 11) is 0. The van der Waals surface area contributed by atoms with E-state index in [1.165, 1.54) is 0 Å². The van der Waals surface area contributed by atoms with Crippen LogP contribution >= 0.6 is 0 Å². The monoisotopic (exact) mass is 317 g/mol. The minimum Gasteiger partial charge on any atom is -0.361 e. The van der Waals surface area contributed by atoms with Gasteiger partial charge < -0.3 is 9.42 Å². The third-order valence-electron chi connectivity index (χ3n) is 4.44. The lowest BCUT2D eigenvalue weighted by Crippen LogP contribution is -2.49. The number of aryl methyl sites for hydroxylation is 2. The number of aromatic nitrogens is 3. The molecule has 7 nitrogen and oxygen atoms in total. The average molecular weight is 317 g/mol. The van der Waals surface area contributed by atoms with Crippen molar-refractivity contribution in [2.75, 3.05) is 32.7 Å². The van der Waals surface area contributed by atoms with Crippen molar-refractivity contribution >= 4 is 5.91 Å². The van der Waals surface area contributed by atoms with Crippen LogP contribution in [0.25, 0.3) is 0 Å². The minimum absolute atomic E-state index is 0.158. The van der Waals surface area contributed by atoms with E-state index in [1.54, 1.807) is 6.20 Å². The van der Waals surface area contributed by atoms with E-state index in [-0.39, 0.29) is 5.91 Å². The third-order valence-corrected chi connectivity index (χ3v) is 4.44. The zero-order chi connectivity index (χ0) is 16.2. The number of hydrogen-bond donors (Lipinski definition) is 0. The van der Waals surface area contributed by atoms with Crippen molar-refractivity contribution in [2.24, 2.45) is 0 Å². The minimum atomic E-state index is 0.158. The van der Waals surface area contributed by atoms with Gasteiger partial charge in [-0.3, -0.25) is 14.4 Å². The fourth-order valence-electron chi connectivity index (χ4n) is 2.91. The first-order valence-corrected chi connectivity index (χ1v) is 8.03. The van der Waals surface area contributed by atoms with Gasteiger partial charge in [0.25, 0.3) is 0 Å². The van der Waals surface area contributed by atoms with Crippen molar-refractivity contribution in [3.63, 3.8) is 0 Å². The van der Waals surface area contributed by atoms with Crippen molar-refractivity contribution in [3.05, 3.63) is 35.5 Å². The highest BCUT2D eigenvalue weighted by molar-refractivity contribution is 5.79. The molecule has 0 atom stereocenters. The van der Waals surface area contributed by atoms with Crippen molar-refractivity contribution in [2.45, 2.75) is 26.8 Å². The molecule has 0 N–H and O–H groups in total. The summed E-state index contributed by atoms with van der Waals surface area (Å²) in [4.78, 5) is 16.8. The predicted octanol–water partition coefficient (Wildman–Crippen LogP) is 0.875. The molecular formula is C16H23N5O2. The first kappa shape index (κ1) is 15.7. The maximum atomic E-state index is 12.4. The Hall–Kier alpha value is -2.15. The SMILES string of the molecule is Cc1noc(C)c1CC(=O)N1CCN(CCn2cccn2)CC1. The van der Waals surface area contributed by atoms with Crippen LogP contribution in [0, 0.1) is 13.8 Å². The summed E-state index contributed by atoms with van der Waals surface area (Å²) < 4.78 is 7.07. The number of piperazine rings is 1. The lowest BCUT2D eigenvalue weighted by atomic mass is 10.1. The Morgan fingerprint density at radius 2 is 2.00 bits per heavy atom. The lowest BCUT2D eigenvalue weighted by molar-refractivity contribution is -0.132. The van der Waals surface area contributed by atoms with E-state index in [4.69, 9.17) is 4.52 Å². The molecule has 3 rings (SSSR count). The Kier molecular flexibility index (Phi) is 4.76. The van der Waals surface area contributed by atoms with E-state index in [1.807, 2.05) is 35.7 Å². The van der Waals surface area contributed by atoms with E-state index in [2.05, 4.69) is 15.2 Å². The van der Waals surface area contributed by atoms with Gasteiger partial charge in [0.05, 0.1) is 18.7 Å². The molecule has 0 saturated carbocycles. The number of nitrogens with zero attached hydrogens (tertiary/aromatic N) is 5. The molecule has 1 fully saturated rings. The number of rotatable bonds is 5. The van der Waals surface area contributed by atoms with E-state index in [9.17, 15) is 4.79 Å². The Morgan fingerprint density at radius 3 is 2.61 bits per heavy atom. The van der Waals surface area contributed by atoms with E-state index >= 15 is 0 Å². The molecule has 0 spiro atoms. The second kappa shape index (κ2) is 6.95. The summed E-state index contributed by atoms with van der Waals surface area (Å²) in [6.07, 6.45) is 4.16. The molecule has 2 aromatic rings. The van der Waals surface area contributed by atoms with Gasteiger partial charge in [-0.2, -0.15) is 5.10 Å². The van der Waals surface area contributed by atoms with Crippen molar-refractivity contribution in [3.8, 4) is 0 Å². The second-order valence-corrected chi connectivity index (χ2v) is 5.97. The van der Waals surface area contributed by atoms with E-state index in [0.29, 0.717) is 6.42 Å². The average Bonchev–Trinajstić information content (AvgIpc) is 3.18. The molecule has 1 saturated heterocycles. The number of carbonyl (C=O) groups excluding carboxylic acids is 1. The fourth-order valence-corrected chi connectivity index (χ4v) is 2.91. The van der Waals surface area contributed by atoms with Crippen molar-refractivity contribution < 1.29 is 9.32 Å². The molecule has 3 heterocycles. The van der Waals surface area contributed by atoms with Crippen LogP contribution in [0.4, 0.5) is 0 Å². The highest BCUT2D eigenvalue weighted by atomic mass is 16.5. The molecule has 124 valence electrons. The lowest BCUT2D eigenvalue weighted by Gasteiger charge is -2.34. The first-order valence-electron chi connectivity index (χ1n) is 8.03. The summed E-state index contributed by atoms with van der Waals surface area (Å²) in [5.74, 6) is 0.903. The molecule has 1 amide bonds. The smallest absolute Gasteiger partial charge is 0.227 e. The van der Waals surface area contributed by atoms with Crippen LogP contribution in [-0.4, -0.2) is 63.4 Å². The molecule has 0 bridgehead atoms. The molecule has 1 aliphatic heterocycles. The highest BCUT2D eigenvalue weighted by Gasteiger charge is 2.23. The Morgan fingerprint density at radius 1 is 1.22 bits per heavy atom. The summed E-state index contributed by atoms with van der Waals surface area (Å²) in [5.41, 5.74) is 1.74. The van der Waals surface area contributed by atoms with Gasteiger partial charge in [0.15, 0.2) is 0 Å². The topological polar surface area (TPSA) is 67.4 Å². The summed E-state index contributed by atoms with van der Waals surface area (Å²) in [6.45, 7) is 8.97. The van der Waals surface area contributed by atoms with Crippen LogP contribution in [0.2, 0.25) is 0 Å². The van der Waals surface area contributed by atoms with Gasteiger partial charge in [0.1, 0.15) is 5.76 Å². The molecule has 0 aromatic carbocycles. The van der Waals surface area contributed by atoms with Gasteiger partial charge in [0.2, 0.25) is 5.91 Å². The van der Waals surface area contributed by atoms with Crippen LogP contribution in [0.1, 0.15) is 17.0 Å². The molecule has 1 aliphatic rings. The maximum absolute atomic E-state index is 12.4. The van der Waals surface area contributed by atoms with E-state index < -0.39 is 0 Å². The van der Waals surface area contributed by atoms with Crippen LogP contribution in [0.3, 0.4) is 0 Å². The van der Waals surface area contributed by atoms with Crippen molar-refractivity contribution in [1.82, 2.24) is 24.7 Å². The zero-order valence-electron chi connectivity index (χ0n) is 13.7. The third kappa shape index (κ3) is 3.79. The summed E-state index contributed by atoms with van der Waals surface area (Å²) in [6, 6.07) is 1.94. The predicted molar refractivity (Wildman–Crippen MR) is 84.9 cm³/mol. The Bertz CT molecular complexity index is 622. The van der Waals surface area contributed by atoms with Gasteiger partial charge >= 0.3 is 0 Å². The second-order valence-electron chi connectivity index (χ2n) is 5.97.